The van der Waals surface area contributed by atoms with Crippen molar-refractivity contribution in [3.8, 4) is 0 Å². The van der Waals surface area contributed by atoms with Crippen molar-refractivity contribution in [2.24, 2.45) is 11.8 Å². The van der Waals surface area contributed by atoms with Crippen molar-refractivity contribution in [1.82, 2.24) is 0 Å². The fourth-order valence-electron chi connectivity index (χ4n) is 1.38. The van der Waals surface area contributed by atoms with Crippen molar-refractivity contribution in [2.75, 3.05) is 16.8 Å². The highest BCUT2D eigenvalue weighted by Crippen LogP contribution is 2.27. The molecule has 1 unspecified atom stereocenters. The monoisotopic (exact) mass is 248 g/mol. The Hall–Kier alpha value is 0.570. The van der Waals surface area contributed by atoms with Gasteiger partial charge in [-0.15, -0.1) is 0 Å². The van der Waals surface area contributed by atoms with Crippen LogP contribution < -0.4 is 0 Å². The van der Waals surface area contributed by atoms with E-state index in [9.17, 15) is 0 Å². The third kappa shape index (κ3) is 3.14. The number of allylic oxidation sites excluding steroid dienone is 2. The maximum Gasteiger partial charge on any atom is 0.0244 e. The van der Waals surface area contributed by atoms with Crippen LogP contribution in [-0.2, 0) is 0 Å². The van der Waals surface area contributed by atoms with Crippen molar-refractivity contribution in [3.63, 3.8) is 0 Å². The molecule has 0 nitrogen and oxygen atoms in total. The first-order valence-electron chi connectivity index (χ1n) is 4.58. The molecule has 12 heavy (non-hydrogen) atoms. The SMILES string of the molecule is CC(C)C(=CC1CCSC1)CBr. The Morgan fingerprint density at radius 3 is 2.83 bits per heavy atom. The van der Waals surface area contributed by atoms with E-state index in [4.69, 9.17) is 0 Å². The Kier molecular flexibility index (Phi) is 4.73. The van der Waals surface area contributed by atoms with Crippen molar-refractivity contribution >= 4 is 27.7 Å². The van der Waals surface area contributed by atoms with Crippen molar-refractivity contribution in [1.29, 1.82) is 0 Å². The molecular formula is C10H17BrS. The third-order valence-electron chi connectivity index (χ3n) is 2.31. The summed E-state index contributed by atoms with van der Waals surface area (Å²) in [6.07, 6.45) is 3.87. The van der Waals surface area contributed by atoms with Gasteiger partial charge in [0.05, 0.1) is 0 Å². The van der Waals surface area contributed by atoms with Crippen LogP contribution in [0.15, 0.2) is 11.6 Å². The lowest BCUT2D eigenvalue weighted by Gasteiger charge is -2.10. The number of alkyl halides is 1. The Balaban J connectivity index is 2.50. The topological polar surface area (TPSA) is 0 Å². The Bertz CT molecular complexity index is 157. The minimum absolute atomic E-state index is 0.704. The van der Waals surface area contributed by atoms with Crippen molar-refractivity contribution in [3.05, 3.63) is 11.6 Å². The van der Waals surface area contributed by atoms with Gasteiger partial charge in [-0.05, 0) is 29.8 Å². The minimum Gasteiger partial charge on any atom is -0.161 e. The first-order chi connectivity index (χ1) is 5.74. The summed E-state index contributed by atoms with van der Waals surface area (Å²) in [6.45, 7) is 4.55. The van der Waals surface area contributed by atoms with Gasteiger partial charge in [0.25, 0.3) is 0 Å². The molecule has 0 aromatic carbocycles. The summed E-state index contributed by atoms with van der Waals surface area (Å²) in [5, 5.41) is 1.05. The number of hydrogen-bond acceptors (Lipinski definition) is 1. The van der Waals surface area contributed by atoms with Crippen LogP contribution >= 0.6 is 27.7 Å². The molecule has 0 aromatic heterocycles. The van der Waals surface area contributed by atoms with Gasteiger partial charge in [-0.1, -0.05) is 41.4 Å². The smallest absolute Gasteiger partial charge is 0.0244 e. The quantitative estimate of drug-likeness (QED) is 0.542. The molecule has 1 rings (SSSR count). The summed E-state index contributed by atoms with van der Waals surface area (Å²) in [7, 11) is 0. The second-order valence-electron chi connectivity index (χ2n) is 3.65. The van der Waals surface area contributed by atoms with Crippen LogP contribution in [-0.4, -0.2) is 16.8 Å². The number of halogens is 1. The zero-order valence-electron chi connectivity index (χ0n) is 7.85. The van der Waals surface area contributed by atoms with Crippen LogP contribution in [0, 0.1) is 11.8 Å². The fourth-order valence-corrected chi connectivity index (χ4v) is 3.41. The van der Waals surface area contributed by atoms with Crippen LogP contribution in [0.3, 0.4) is 0 Å². The van der Waals surface area contributed by atoms with Gasteiger partial charge in [0.15, 0.2) is 0 Å². The van der Waals surface area contributed by atoms with E-state index in [1.165, 1.54) is 17.9 Å². The summed E-state index contributed by atoms with van der Waals surface area (Å²) < 4.78 is 0. The van der Waals surface area contributed by atoms with Gasteiger partial charge in [0, 0.05) is 5.33 Å². The van der Waals surface area contributed by atoms with E-state index >= 15 is 0 Å². The molecule has 1 atom stereocenters. The van der Waals surface area contributed by atoms with Crippen LogP contribution in [0.5, 0.6) is 0 Å². The number of rotatable bonds is 3. The van der Waals surface area contributed by atoms with Gasteiger partial charge >= 0.3 is 0 Å². The summed E-state index contributed by atoms with van der Waals surface area (Å²) in [5.74, 6) is 4.25. The highest BCUT2D eigenvalue weighted by molar-refractivity contribution is 9.09. The first-order valence-corrected chi connectivity index (χ1v) is 6.86. The van der Waals surface area contributed by atoms with E-state index in [2.05, 4.69) is 47.6 Å². The Morgan fingerprint density at radius 1 is 1.67 bits per heavy atom. The highest BCUT2D eigenvalue weighted by atomic mass is 79.9. The van der Waals surface area contributed by atoms with Crippen molar-refractivity contribution in [2.45, 2.75) is 20.3 Å². The van der Waals surface area contributed by atoms with E-state index in [1.54, 1.807) is 5.57 Å². The zero-order chi connectivity index (χ0) is 8.97. The first kappa shape index (κ1) is 10.6. The molecular weight excluding hydrogens is 232 g/mol. The summed E-state index contributed by atoms with van der Waals surface area (Å²) in [5.41, 5.74) is 1.57. The van der Waals surface area contributed by atoms with Gasteiger partial charge in [0.1, 0.15) is 0 Å². The van der Waals surface area contributed by atoms with E-state index in [1.807, 2.05) is 0 Å². The third-order valence-corrected chi connectivity index (χ3v) is 4.15. The van der Waals surface area contributed by atoms with Gasteiger partial charge in [-0.3, -0.25) is 0 Å². The van der Waals surface area contributed by atoms with E-state index in [-0.39, 0.29) is 0 Å². The van der Waals surface area contributed by atoms with Crippen LogP contribution in [0.1, 0.15) is 20.3 Å². The van der Waals surface area contributed by atoms with E-state index < -0.39 is 0 Å². The van der Waals surface area contributed by atoms with Gasteiger partial charge in [-0.2, -0.15) is 11.8 Å². The zero-order valence-corrected chi connectivity index (χ0v) is 10.2. The van der Waals surface area contributed by atoms with Gasteiger partial charge in [0.2, 0.25) is 0 Å². The summed E-state index contributed by atoms with van der Waals surface area (Å²) in [6, 6.07) is 0. The molecule has 70 valence electrons. The summed E-state index contributed by atoms with van der Waals surface area (Å²) in [4.78, 5) is 0. The average molecular weight is 249 g/mol. The highest BCUT2D eigenvalue weighted by Gasteiger charge is 2.14. The standard InChI is InChI=1S/C10H17BrS/c1-8(2)10(6-11)5-9-3-4-12-7-9/h5,8-9H,3-4,6-7H2,1-2H3. The molecule has 0 amide bonds. The largest absolute Gasteiger partial charge is 0.161 e. The lowest BCUT2D eigenvalue weighted by atomic mass is 9.99. The van der Waals surface area contributed by atoms with Crippen molar-refractivity contribution < 1.29 is 0 Å². The molecule has 0 saturated carbocycles. The predicted molar refractivity (Wildman–Crippen MR) is 62.1 cm³/mol. The molecule has 0 aromatic rings. The molecule has 2 heteroatoms. The second kappa shape index (κ2) is 5.33. The average Bonchev–Trinajstić information content (AvgIpc) is 2.51. The molecule has 1 aliphatic heterocycles. The van der Waals surface area contributed by atoms with Gasteiger partial charge < -0.3 is 0 Å². The van der Waals surface area contributed by atoms with Crippen LogP contribution in [0.25, 0.3) is 0 Å². The Morgan fingerprint density at radius 2 is 2.42 bits per heavy atom. The molecule has 1 fully saturated rings. The van der Waals surface area contributed by atoms with Crippen LogP contribution in [0.2, 0.25) is 0 Å². The maximum absolute atomic E-state index is 3.55. The molecule has 0 spiro atoms. The van der Waals surface area contributed by atoms with E-state index in [0.717, 1.165) is 11.2 Å². The Labute approximate surface area is 88.3 Å². The number of thioether (sulfide) groups is 1. The molecule has 1 aliphatic rings. The van der Waals surface area contributed by atoms with Gasteiger partial charge in [-0.25, -0.2) is 0 Å². The predicted octanol–water partition coefficient (Wildman–Crippen LogP) is 3.72. The molecule has 1 saturated heterocycles. The molecule has 0 N–H and O–H groups in total. The molecule has 0 aliphatic carbocycles. The molecule has 0 bridgehead atoms. The van der Waals surface area contributed by atoms with Crippen LogP contribution in [0.4, 0.5) is 0 Å². The molecule has 0 radical (unpaired) electrons. The van der Waals surface area contributed by atoms with E-state index in [0.29, 0.717) is 5.92 Å². The normalized spacial score (nSPS) is 25.3. The summed E-state index contributed by atoms with van der Waals surface area (Å²) >= 11 is 5.64. The molecule has 1 heterocycles. The maximum atomic E-state index is 3.55. The minimum atomic E-state index is 0.704. The number of hydrogen-bond donors (Lipinski definition) is 0. The lowest BCUT2D eigenvalue weighted by Crippen LogP contribution is -2.01. The fraction of sp³-hybridized carbons (Fsp3) is 0.800. The lowest BCUT2D eigenvalue weighted by molar-refractivity contribution is 0.702. The second-order valence-corrected chi connectivity index (χ2v) is 5.36.